The maximum Gasteiger partial charge on any atom is 0.416 e. The van der Waals surface area contributed by atoms with Crippen molar-refractivity contribution < 1.29 is 27.4 Å². The van der Waals surface area contributed by atoms with Crippen LogP contribution < -0.4 is 10.1 Å². The van der Waals surface area contributed by atoms with Crippen molar-refractivity contribution in [2.24, 2.45) is 5.92 Å². The van der Waals surface area contributed by atoms with Crippen molar-refractivity contribution in [1.82, 2.24) is 4.98 Å². The Hall–Kier alpha value is -3.00. The summed E-state index contributed by atoms with van der Waals surface area (Å²) in [6.07, 6.45) is -0.486. The number of carbonyl (C=O) groups excluding carboxylic acids is 1. The smallest absolute Gasteiger partial charge is 0.416 e. The molecule has 1 aliphatic carbocycles. The number of anilines is 1. The van der Waals surface area contributed by atoms with Crippen LogP contribution in [-0.4, -0.2) is 29.7 Å². The van der Waals surface area contributed by atoms with Crippen LogP contribution in [0.15, 0.2) is 48.7 Å². The summed E-state index contributed by atoms with van der Waals surface area (Å²) in [5.41, 5.74) is 1.88. The van der Waals surface area contributed by atoms with Crippen molar-refractivity contribution in [1.29, 1.82) is 0 Å². The minimum absolute atomic E-state index is 0.00632. The number of aromatic amines is 1. The Morgan fingerprint density at radius 2 is 1.94 bits per heavy atom. The van der Waals surface area contributed by atoms with Crippen LogP contribution in [0.2, 0.25) is 0 Å². The van der Waals surface area contributed by atoms with Crippen LogP contribution >= 0.6 is 0 Å². The summed E-state index contributed by atoms with van der Waals surface area (Å²) in [5.74, 6) is 1.11. The van der Waals surface area contributed by atoms with E-state index in [-0.39, 0.29) is 30.0 Å². The van der Waals surface area contributed by atoms with Crippen LogP contribution in [0, 0.1) is 5.92 Å². The average molecular weight is 458 g/mol. The molecular weight excluding hydrogens is 433 g/mol. The third-order valence-corrected chi connectivity index (χ3v) is 6.72. The second-order valence-electron chi connectivity index (χ2n) is 8.99. The van der Waals surface area contributed by atoms with Gasteiger partial charge in [0.25, 0.3) is 0 Å². The molecule has 1 saturated heterocycles. The number of alkyl halides is 3. The predicted molar refractivity (Wildman–Crippen MR) is 118 cm³/mol. The van der Waals surface area contributed by atoms with Gasteiger partial charge in [0, 0.05) is 29.4 Å². The Morgan fingerprint density at radius 3 is 2.58 bits per heavy atom. The monoisotopic (exact) mass is 458 g/mol. The zero-order valence-electron chi connectivity index (χ0n) is 18.1. The number of H-pyrrole nitrogens is 1. The molecule has 2 aromatic carbocycles. The quantitative estimate of drug-likeness (QED) is 0.485. The Bertz CT molecular complexity index is 1150. The molecule has 1 aromatic heterocycles. The van der Waals surface area contributed by atoms with Gasteiger partial charge in [-0.05, 0) is 61.6 Å². The van der Waals surface area contributed by atoms with Gasteiger partial charge >= 0.3 is 6.18 Å². The molecule has 0 bridgehead atoms. The normalized spacial score (nSPS) is 24.7. The second-order valence-corrected chi connectivity index (χ2v) is 8.99. The van der Waals surface area contributed by atoms with Crippen molar-refractivity contribution in [3.05, 3.63) is 59.8 Å². The van der Waals surface area contributed by atoms with E-state index in [0.29, 0.717) is 24.5 Å². The molecule has 2 aliphatic rings. The number of halogens is 3. The lowest BCUT2D eigenvalue weighted by atomic mass is 9.77. The molecule has 0 unspecified atom stereocenters. The maximum absolute atomic E-state index is 12.7. The molecule has 2 N–H and O–H groups in total. The molecule has 5 rings (SSSR count). The number of nitrogens with one attached hydrogen (secondary N) is 2. The fourth-order valence-corrected chi connectivity index (χ4v) is 4.44. The lowest BCUT2D eigenvalue weighted by Gasteiger charge is -2.35. The van der Waals surface area contributed by atoms with Gasteiger partial charge < -0.3 is 19.8 Å². The van der Waals surface area contributed by atoms with Gasteiger partial charge in [-0.2, -0.15) is 13.2 Å². The van der Waals surface area contributed by atoms with Crippen molar-refractivity contribution in [2.75, 3.05) is 11.9 Å². The molecule has 3 aromatic rings. The van der Waals surface area contributed by atoms with Crippen LogP contribution in [0.3, 0.4) is 0 Å². The van der Waals surface area contributed by atoms with Gasteiger partial charge in [0.15, 0.2) is 0 Å². The van der Waals surface area contributed by atoms with E-state index in [9.17, 15) is 18.0 Å². The number of hydrogen-bond acceptors (Lipinski definition) is 3. The van der Waals surface area contributed by atoms with Gasteiger partial charge in [-0.25, -0.2) is 0 Å². The van der Waals surface area contributed by atoms with E-state index in [1.165, 1.54) is 0 Å². The van der Waals surface area contributed by atoms with Crippen molar-refractivity contribution in [3.63, 3.8) is 0 Å². The van der Waals surface area contributed by atoms with E-state index in [1.54, 1.807) is 18.3 Å². The van der Waals surface area contributed by atoms with Crippen LogP contribution in [0.1, 0.15) is 43.2 Å². The molecule has 8 heteroatoms. The molecule has 5 nitrogen and oxygen atoms in total. The number of rotatable bonds is 6. The fraction of sp³-hybridized carbons (Fsp3) is 0.400. The molecule has 0 radical (unpaired) electrons. The number of hydrogen-bond donors (Lipinski definition) is 2. The van der Waals surface area contributed by atoms with Crippen LogP contribution in [0.5, 0.6) is 5.75 Å². The van der Waals surface area contributed by atoms with Gasteiger partial charge in [0.2, 0.25) is 5.91 Å². The molecule has 1 aliphatic heterocycles. The summed E-state index contributed by atoms with van der Waals surface area (Å²) >= 11 is 0. The second kappa shape index (κ2) is 8.41. The third-order valence-electron chi connectivity index (χ3n) is 6.72. The van der Waals surface area contributed by atoms with Gasteiger partial charge in [-0.3, -0.25) is 4.79 Å². The van der Waals surface area contributed by atoms with E-state index < -0.39 is 11.7 Å². The molecule has 0 spiro atoms. The average Bonchev–Trinajstić information content (AvgIpc) is 3.14. The number of carbonyl (C=O) groups is 1. The number of aromatic nitrogens is 1. The number of fused-ring (bicyclic) bond motifs is 1. The molecular formula is C25H25F3N2O3. The van der Waals surface area contributed by atoms with Crippen LogP contribution in [-0.2, 0) is 15.7 Å². The summed E-state index contributed by atoms with van der Waals surface area (Å²) in [7, 11) is 0. The van der Waals surface area contributed by atoms with E-state index in [0.717, 1.165) is 41.4 Å². The van der Waals surface area contributed by atoms with Crippen LogP contribution in [0.25, 0.3) is 10.9 Å². The van der Waals surface area contributed by atoms with Crippen molar-refractivity contribution in [2.45, 2.75) is 50.5 Å². The summed E-state index contributed by atoms with van der Waals surface area (Å²) in [6.45, 7) is 2.59. The predicted octanol–water partition coefficient (Wildman–Crippen LogP) is 5.88. The first-order chi connectivity index (χ1) is 15.8. The van der Waals surface area contributed by atoms with E-state index in [2.05, 4.69) is 10.3 Å². The minimum atomic E-state index is -4.32. The molecule has 1 saturated carbocycles. The number of amides is 1. The standard InChI is InChI=1S/C25H25F3N2O3/c1-14-17(13-32-14)10-24(31)30-23-12-29-22-7-6-19(11-21(22)23)33-20-8-16(9-20)15-2-4-18(5-3-15)25(26,27)28/h2-7,11-12,14,16-17,20,29H,8-10,13H2,1H3,(H,30,31)/t14-,16-,17+,20-/m0/s1. The molecule has 1 amide bonds. The van der Waals surface area contributed by atoms with E-state index >= 15 is 0 Å². The van der Waals surface area contributed by atoms with Gasteiger partial charge in [0.1, 0.15) is 5.75 Å². The first-order valence-corrected chi connectivity index (χ1v) is 11.1. The molecule has 33 heavy (non-hydrogen) atoms. The zero-order chi connectivity index (χ0) is 23.2. The lowest BCUT2D eigenvalue weighted by Crippen LogP contribution is -2.39. The van der Waals surface area contributed by atoms with Crippen molar-refractivity contribution >= 4 is 22.5 Å². The largest absolute Gasteiger partial charge is 0.490 e. The summed E-state index contributed by atoms with van der Waals surface area (Å²) < 4.78 is 49.7. The lowest BCUT2D eigenvalue weighted by molar-refractivity contribution is -0.137. The highest BCUT2D eigenvalue weighted by molar-refractivity contribution is 6.02. The Labute approximate surface area is 189 Å². The zero-order valence-corrected chi connectivity index (χ0v) is 18.1. The molecule has 2 heterocycles. The van der Waals surface area contributed by atoms with Crippen LogP contribution in [0.4, 0.5) is 18.9 Å². The Balaban J connectivity index is 1.19. The highest BCUT2D eigenvalue weighted by Crippen LogP contribution is 2.41. The number of ether oxygens (including phenoxy) is 2. The summed E-state index contributed by atoms with van der Waals surface area (Å²) in [5, 5.41) is 3.85. The van der Waals surface area contributed by atoms with E-state index in [4.69, 9.17) is 9.47 Å². The third kappa shape index (κ3) is 4.57. The van der Waals surface area contributed by atoms with Crippen molar-refractivity contribution in [3.8, 4) is 5.75 Å². The topological polar surface area (TPSA) is 63.3 Å². The van der Waals surface area contributed by atoms with Gasteiger partial charge in [-0.1, -0.05) is 12.1 Å². The first-order valence-electron chi connectivity index (χ1n) is 11.1. The van der Waals surface area contributed by atoms with Gasteiger partial charge in [0.05, 0.1) is 30.1 Å². The van der Waals surface area contributed by atoms with Gasteiger partial charge in [-0.15, -0.1) is 0 Å². The summed E-state index contributed by atoms with van der Waals surface area (Å²) in [6, 6.07) is 11.1. The number of benzene rings is 2. The molecule has 2 atom stereocenters. The molecule has 174 valence electrons. The summed E-state index contributed by atoms with van der Waals surface area (Å²) in [4.78, 5) is 15.6. The Morgan fingerprint density at radius 1 is 1.18 bits per heavy atom. The van der Waals surface area contributed by atoms with E-state index in [1.807, 2.05) is 25.1 Å². The minimum Gasteiger partial charge on any atom is -0.490 e. The Kier molecular flexibility index (Phi) is 5.56. The first kappa shape index (κ1) is 21.8. The molecule has 2 fully saturated rings. The fourth-order valence-electron chi connectivity index (χ4n) is 4.44. The SMILES string of the molecule is C[C@@H]1OC[C@H]1CC(=O)Nc1c[nH]c2ccc(O[C@H]3C[C@H](c4ccc(C(F)(F)F)cc4)C3)cc12. The maximum atomic E-state index is 12.7. The highest BCUT2D eigenvalue weighted by atomic mass is 19.4. The highest BCUT2D eigenvalue weighted by Gasteiger charge is 2.34.